The van der Waals surface area contributed by atoms with Crippen molar-refractivity contribution in [2.75, 3.05) is 11.5 Å². The summed E-state index contributed by atoms with van der Waals surface area (Å²) < 4.78 is 27.3. The van der Waals surface area contributed by atoms with Crippen LogP contribution in [-0.2, 0) is 16.3 Å². The van der Waals surface area contributed by atoms with Crippen LogP contribution >= 0.6 is 0 Å². The van der Waals surface area contributed by atoms with Crippen molar-refractivity contribution in [1.82, 2.24) is 10.1 Å². The van der Waals surface area contributed by atoms with Gasteiger partial charge >= 0.3 is 0 Å². The molecule has 0 bridgehead atoms. The number of ketones is 1. The van der Waals surface area contributed by atoms with Crippen LogP contribution in [0.15, 0.2) is 4.52 Å². The second-order valence-electron chi connectivity index (χ2n) is 4.37. The first-order valence-corrected chi connectivity index (χ1v) is 7.32. The molecule has 0 spiro atoms. The number of rotatable bonds is 3. The van der Waals surface area contributed by atoms with E-state index in [2.05, 4.69) is 10.1 Å². The summed E-state index contributed by atoms with van der Waals surface area (Å²) in [6, 6.07) is 0. The lowest BCUT2D eigenvalue weighted by atomic mass is 9.99. The molecule has 1 aromatic rings. The van der Waals surface area contributed by atoms with E-state index in [4.69, 9.17) is 4.52 Å². The molecule has 1 aromatic heterocycles. The van der Waals surface area contributed by atoms with E-state index in [1.54, 1.807) is 0 Å². The molecule has 17 heavy (non-hydrogen) atoms. The van der Waals surface area contributed by atoms with Crippen LogP contribution in [0.25, 0.3) is 0 Å². The van der Waals surface area contributed by atoms with E-state index in [9.17, 15) is 13.2 Å². The first-order chi connectivity index (χ1) is 7.96. The molecule has 1 fully saturated rings. The molecule has 0 saturated carbocycles. The lowest BCUT2D eigenvalue weighted by Crippen LogP contribution is -2.24. The average Bonchev–Trinajstić information content (AvgIpc) is 2.70. The zero-order chi connectivity index (χ0) is 12.5. The van der Waals surface area contributed by atoms with Gasteiger partial charge in [0.1, 0.15) is 9.84 Å². The van der Waals surface area contributed by atoms with E-state index < -0.39 is 9.84 Å². The number of hydrogen-bond acceptors (Lipinski definition) is 6. The Hall–Kier alpha value is -1.24. The molecule has 7 heteroatoms. The third kappa shape index (κ3) is 3.12. The fraction of sp³-hybridized carbons (Fsp3) is 0.700. The standard InChI is InChI=1S/C10H14N2O4S/c1-7(13)10-11-9(12-16-10)6-8-2-4-17(14,15)5-3-8/h8H,2-6H2,1H3. The van der Waals surface area contributed by atoms with Crippen molar-refractivity contribution in [3.05, 3.63) is 11.7 Å². The summed E-state index contributed by atoms with van der Waals surface area (Å²) in [7, 11) is -2.83. The highest BCUT2D eigenvalue weighted by molar-refractivity contribution is 7.91. The maximum Gasteiger partial charge on any atom is 0.293 e. The molecule has 0 N–H and O–H groups in total. The van der Waals surface area contributed by atoms with Crippen molar-refractivity contribution in [2.24, 2.45) is 5.92 Å². The van der Waals surface area contributed by atoms with Crippen LogP contribution < -0.4 is 0 Å². The molecule has 1 aliphatic rings. The summed E-state index contributed by atoms with van der Waals surface area (Å²) in [5, 5.41) is 3.71. The molecule has 0 unspecified atom stereocenters. The van der Waals surface area contributed by atoms with Crippen LogP contribution in [0.3, 0.4) is 0 Å². The summed E-state index contributed by atoms with van der Waals surface area (Å²) in [4.78, 5) is 14.9. The highest BCUT2D eigenvalue weighted by atomic mass is 32.2. The Morgan fingerprint density at radius 2 is 2.06 bits per heavy atom. The molecular weight excluding hydrogens is 244 g/mol. The van der Waals surface area contributed by atoms with Crippen LogP contribution in [0, 0.1) is 5.92 Å². The minimum atomic E-state index is -2.83. The van der Waals surface area contributed by atoms with E-state index in [1.807, 2.05) is 0 Å². The molecule has 2 heterocycles. The van der Waals surface area contributed by atoms with Gasteiger partial charge < -0.3 is 4.52 Å². The molecule has 0 aromatic carbocycles. The largest absolute Gasteiger partial charge is 0.331 e. The van der Waals surface area contributed by atoms with Gasteiger partial charge in [0.2, 0.25) is 5.78 Å². The topological polar surface area (TPSA) is 90.1 Å². The Kier molecular flexibility index (Phi) is 3.28. The van der Waals surface area contributed by atoms with Crippen molar-refractivity contribution in [3.63, 3.8) is 0 Å². The first kappa shape index (κ1) is 12.2. The fourth-order valence-electron chi connectivity index (χ4n) is 1.88. The molecule has 0 atom stereocenters. The quantitative estimate of drug-likeness (QED) is 0.739. The molecule has 1 aliphatic heterocycles. The Morgan fingerprint density at radius 1 is 1.41 bits per heavy atom. The van der Waals surface area contributed by atoms with Gasteiger partial charge in [-0.2, -0.15) is 4.98 Å². The Morgan fingerprint density at radius 3 is 2.59 bits per heavy atom. The average molecular weight is 258 g/mol. The minimum Gasteiger partial charge on any atom is -0.331 e. The van der Waals surface area contributed by atoms with E-state index >= 15 is 0 Å². The second kappa shape index (κ2) is 4.56. The predicted octanol–water partition coefficient (Wildman–Crippen LogP) is 0.640. The lowest BCUT2D eigenvalue weighted by molar-refractivity contribution is 0.0972. The van der Waals surface area contributed by atoms with Crippen LogP contribution in [0.2, 0.25) is 0 Å². The maximum atomic E-state index is 11.2. The molecule has 0 aliphatic carbocycles. The van der Waals surface area contributed by atoms with Crippen molar-refractivity contribution in [3.8, 4) is 0 Å². The predicted molar refractivity (Wildman–Crippen MR) is 59.4 cm³/mol. The van der Waals surface area contributed by atoms with Gasteiger partial charge in [-0.05, 0) is 18.8 Å². The molecule has 2 rings (SSSR count). The van der Waals surface area contributed by atoms with Gasteiger partial charge in [-0.25, -0.2) is 8.42 Å². The van der Waals surface area contributed by atoms with E-state index in [-0.39, 0.29) is 29.1 Å². The summed E-state index contributed by atoms with van der Waals surface area (Å²) in [5.74, 6) is 0.971. The van der Waals surface area contributed by atoms with E-state index in [0.717, 1.165) is 0 Å². The Bertz CT molecular complexity index is 506. The number of carbonyl (C=O) groups excluding carboxylic acids is 1. The summed E-state index contributed by atoms with van der Waals surface area (Å²) >= 11 is 0. The van der Waals surface area contributed by atoms with Crippen molar-refractivity contribution >= 4 is 15.6 Å². The van der Waals surface area contributed by atoms with Gasteiger partial charge in [0.05, 0.1) is 11.5 Å². The molecule has 0 amide bonds. The summed E-state index contributed by atoms with van der Waals surface area (Å²) in [5.41, 5.74) is 0. The molecule has 6 nitrogen and oxygen atoms in total. The number of sulfone groups is 1. The normalized spacial score (nSPS) is 20.3. The molecule has 0 radical (unpaired) electrons. The van der Waals surface area contributed by atoms with E-state index in [0.29, 0.717) is 25.1 Å². The van der Waals surface area contributed by atoms with E-state index in [1.165, 1.54) is 6.92 Å². The Balaban J connectivity index is 1.95. The summed E-state index contributed by atoms with van der Waals surface area (Å²) in [6.45, 7) is 1.37. The molecule has 1 saturated heterocycles. The molecule has 94 valence electrons. The smallest absolute Gasteiger partial charge is 0.293 e. The van der Waals surface area contributed by atoms with Gasteiger partial charge in [-0.15, -0.1) is 0 Å². The zero-order valence-corrected chi connectivity index (χ0v) is 10.4. The van der Waals surface area contributed by atoms with Crippen molar-refractivity contribution < 1.29 is 17.7 Å². The highest BCUT2D eigenvalue weighted by Crippen LogP contribution is 2.21. The molecular formula is C10H14N2O4S. The van der Waals surface area contributed by atoms with Gasteiger partial charge in [-0.1, -0.05) is 5.16 Å². The van der Waals surface area contributed by atoms with Crippen molar-refractivity contribution in [1.29, 1.82) is 0 Å². The fourth-order valence-corrected chi connectivity index (χ4v) is 3.47. The van der Waals surface area contributed by atoms with Gasteiger partial charge in [0.25, 0.3) is 5.89 Å². The number of aromatic nitrogens is 2. The van der Waals surface area contributed by atoms with Crippen LogP contribution in [0.4, 0.5) is 0 Å². The minimum absolute atomic E-state index is 0.0171. The van der Waals surface area contributed by atoms with Crippen LogP contribution in [0.1, 0.15) is 36.3 Å². The van der Waals surface area contributed by atoms with Crippen LogP contribution in [0.5, 0.6) is 0 Å². The highest BCUT2D eigenvalue weighted by Gasteiger charge is 2.25. The van der Waals surface area contributed by atoms with Gasteiger partial charge in [-0.3, -0.25) is 4.79 Å². The number of carbonyl (C=O) groups is 1. The van der Waals surface area contributed by atoms with Gasteiger partial charge in [0.15, 0.2) is 5.82 Å². The van der Waals surface area contributed by atoms with Gasteiger partial charge in [0, 0.05) is 13.3 Å². The number of Topliss-reactive ketones (excluding diaryl/α,β-unsaturated/α-hetero) is 1. The monoisotopic (exact) mass is 258 g/mol. The SMILES string of the molecule is CC(=O)c1nc(CC2CCS(=O)(=O)CC2)no1. The Labute approximate surface area is 99.3 Å². The third-order valence-electron chi connectivity index (χ3n) is 2.91. The lowest BCUT2D eigenvalue weighted by Gasteiger charge is -2.20. The van der Waals surface area contributed by atoms with Crippen molar-refractivity contribution in [2.45, 2.75) is 26.2 Å². The number of hydrogen-bond donors (Lipinski definition) is 0. The first-order valence-electron chi connectivity index (χ1n) is 5.50. The van der Waals surface area contributed by atoms with Crippen LogP contribution in [-0.4, -0.2) is 35.8 Å². The third-order valence-corrected chi connectivity index (χ3v) is 4.63. The maximum absolute atomic E-state index is 11.2. The number of nitrogens with zero attached hydrogens (tertiary/aromatic N) is 2. The second-order valence-corrected chi connectivity index (χ2v) is 6.67. The zero-order valence-electron chi connectivity index (χ0n) is 9.55. The summed E-state index contributed by atoms with van der Waals surface area (Å²) in [6.07, 6.45) is 1.84.